The maximum absolute atomic E-state index is 13.5. The molecule has 0 saturated heterocycles. The number of H-pyrrole nitrogens is 1. The average Bonchev–Trinajstić information content (AvgIpc) is 3.26. The van der Waals surface area contributed by atoms with Crippen molar-refractivity contribution in [2.75, 3.05) is 20.8 Å². The number of hydrogen-bond acceptors (Lipinski definition) is 4. The molecule has 0 bridgehead atoms. The number of ketones is 1. The second-order valence-corrected chi connectivity index (χ2v) is 7.35. The lowest BCUT2D eigenvalue weighted by atomic mass is 9.96. The van der Waals surface area contributed by atoms with Crippen LogP contribution in [-0.4, -0.2) is 31.5 Å². The number of aromatic nitrogens is 1. The van der Waals surface area contributed by atoms with Crippen LogP contribution in [0.15, 0.2) is 79.0 Å². The van der Waals surface area contributed by atoms with Crippen molar-refractivity contribution in [3.05, 3.63) is 95.7 Å². The molecule has 5 heteroatoms. The predicted octanol–water partition coefficient (Wildman–Crippen LogP) is 4.94. The van der Waals surface area contributed by atoms with Gasteiger partial charge in [-0.2, -0.15) is 0 Å². The Hall–Kier alpha value is -3.57. The van der Waals surface area contributed by atoms with E-state index in [0.717, 1.165) is 28.5 Å². The Balaban J connectivity index is 1.55. The van der Waals surface area contributed by atoms with Gasteiger partial charge in [-0.3, -0.25) is 4.79 Å². The largest absolute Gasteiger partial charge is 0.493 e. The quantitative estimate of drug-likeness (QED) is 0.381. The number of para-hydroxylation sites is 1. The van der Waals surface area contributed by atoms with Crippen LogP contribution >= 0.6 is 0 Å². The Kier molecular flexibility index (Phi) is 6.34. The highest BCUT2D eigenvalue weighted by molar-refractivity contribution is 6.10. The third-order valence-corrected chi connectivity index (χ3v) is 5.46. The van der Waals surface area contributed by atoms with Gasteiger partial charge in [0.05, 0.1) is 20.3 Å². The van der Waals surface area contributed by atoms with E-state index in [9.17, 15) is 4.79 Å². The number of benzene rings is 3. The molecule has 4 rings (SSSR count). The summed E-state index contributed by atoms with van der Waals surface area (Å²) in [5.74, 6) is 1.46. The van der Waals surface area contributed by atoms with Gasteiger partial charge in [0.15, 0.2) is 17.3 Å². The Morgan fingerprint density at radius 3 is 2.45 bits per heavy atom. The summed E-state index contributed by atoms with van der Waals surface area (Å²) in [5, 5.41) is 4.41. The van der Waals surface area contributed by atoms with Gasteiger partial charge in [-0.1, -0.05) is 54.6 Å². The van der Waals surface area contributed by atoms with Crippen LogP contribution in [0.25, 0.3) is 10.9 Å². The summed E-state index contributed by atoms with van der Waals surface area (Å²) in [6.45, 7) is 0.642. The van der Waals surface area contributed by atoms with Crippen molar-refractivity contribution in [3.8, 4) is 11.5 Å². The first-order valence-corrected chi connectivity index (χ1v) is 10.3. The minimum atomic E-state index is -0.430. The van der Waals surface area contributed by atoms with Gasteiger partial charge in [0, 0.05) is 29.2 Å². The van der Waals surface area contributed by atoms with E-state index in [-0.39, 0.29) is 5.78 Å². The van der Waals surface area contributed by atoms with Gasteiger partial charge >= 0.3 is 0 Å². The van der Waals surface area contributed by atoms with E-state index in [1.807, 2.05) is 72.8 Å². The maximum Gasteiger partial charge on any atom is 0.186 e. The average molecular weight is 415 g/mol. The Bertz CT molecular complexity index is 1170. The number of methoxy groups -OCH3 is 2. The third-order valence-electron chi connectivity index (χ3n) is 5.46. The summed E-state index contributed by atoms with van der Waals surface area (Å²) >= 11 is 0. The molecule has 0 saturated carbocycles. The monoisotopic (exact) mass is 414 g/mol. The second-order valence-electron chi connectivity index (χ2n) is 7.35. The summed E-state index contributed by atoms with van der Waals surface area (Å²) in [7, 11) is 3.26. The van der Waals surface area contributed by atoms with Crippen LogP contribution in [0.3, 0.4) is 0 Å². The molecule has 158 valence electrons. The molecule has 0 amide bonds. The first-order valence-electron chi connectivity index (χ1n) is 10.3. The molecule has 1 heterocycles. The molecular formula is C26H26N2O3. The van der Waals surface area contributed by atoms with Crippen LogP contribution in [-0.2, 0) is 6.42 Å². The van der Waals surface area contributed by atoms with E-state index >= 15 is 0 Å². The number of fused-ring (bicyclic) bond motifs is 1. The number of aromatic amines is 1. The van der Waals surface area contributed by atoms with Crippen LogP contribution in [0.5, 0.6) is 11.5 Å². The Morgan fingerprint density at radius 1 is 0.935 bits per heavy atom. The Labute approximate surface area is 182 Å². The van der Waals surface area contributed by atoms with Crippen molar-refractivity contribution in [3.63, 3.8) is 0 Å². The predicted molar refractivity (Wildman–Crippen MR) is 123 cm³/mol. The fraction of sp³-hybridized carbons (Fsp3) is 0.192. The highest BCUT2D eigenvalue weighted by Crippen LogP contribution is 2.28. The van der Waals surface area contributed by atoms with Crippen LogP contribution in [0, 0.1) is 0 Å². The normalized spacial score (nSPS) is 11.9. The molecule has 0 unspecified atom stereocenters. The van der Waals surface area contributed by atoms with Gasteiger partial charge in [-0.25, -0.2) is 0 Å². The van der Waals surface area contributed by atoms with Crippen molar-refractivity contribution in [1.82, 2.24) is 10.3 Å². The number of Topliss-reactive ketones (excluding diaryl/α,β-unsaturated/α-hetero) is 1. The van der Waals surface area contributed by atoms with Crippen LogP contribution in [0.2, 0.25) is 0 Å². The van der Waals surface area contributed by atoms with E-state index < -0.39 is 6.04 Å². The first-order chi connectivity index (χ1) is 15.2. The zero-order chi connectivity index (χ0) is 21.6. The number of nitrogens with one attached hydrogen (secondary N) is 2. The molecular weight excluding hydrogens is 388 g/mol. The molecule has 1 atom stereocenters. The van der Waals surface area contributed by atoms with E-state index in [2.05, 4.69) is 10.3 Å². The van der Waals surface area contributed by atoms with E-state index in [1.165, 1.54) is 0 Å². The van der Waals surface area contributed by atoms with Crippen molar-refractivity contribution in [2.45, 2.75) is 12.5 Å². The fourth-order valence-corrected chi connectivity index (χ4v) is 3.84. The van der Waals surface area contributed by atoms with E-state index in [4.69, 9.17) is 9.47 Å². The third kappa shape index (κ3) is 4.47. The summed E-state index contributed by atoms with van der Waals surface area (Å²) in [6.07, 6.45) is 2.56. The zero-order valence-corrected chi connectivity index (χ0v) is 17.7. The fourth-order valence-electron chi connectivity index (χ4n) is 3.84. The minimum Gasteiger partial charge on any atom is -0.493 e. The summed E-state index contributed by atoms with van der Waals surface area (Å²) in [4.78, 5) is 16.7. The van der Waals surface area contributed by atoms with E-state index in [0.29, 0.717) is 23.6 Å². The molecule has 31 heavy (non-hydrogen) atoms. The van der Waals surface area contributed by atoms with Crippen molar-refractivity contribution in [1.29, 1.82) is 0 Å². The van der Waals surface area contributed by atoms with Gasteiger partial charge in [0.1, 0.15) is 0 Å². The molecule has 1 aromatic heterocycles. The molecule has 0 aliphatic rings. The molecule has 0 radical (unpaired) electrons. The van der Waals surface area contributed by atoms with Gasteiger partial charge in [0.25, 0.3) is 0 Å². The lowest BCUT2D eigenvalue weighted by Crippen LogP contribution is -2.30. The van der Waals surface area contributed by atoms with E-state index in [1.54, 1.807) is 20.4 Å². The highest BCUT2D eigenvalue weighted by Gasteiger charge is 2.23. The Morgan fingerprint density at radius 2 is 1.68 bits per heavy atom. The molecule has 3 aromatic carbocycles. The molecule has 0 aliphatic carbocycles. The number of ether oxygens (including phenoxy) is 2. The molecule has 2 N–H and O–H groups in total. The van der Waals surface area contributed by atoms with Gasteiger partial charge in [-0.15, -0.1) is 0 Å². The van der Waals surface area contributed by atoms with Crippen LogP contribution in [0.4, 0.5) is 0 Å². The zero-order valence-electron chi connectivity index (χ0n) is 17.7. The van der Waals surface area contributed by atoms with Crippen molar-refractivity contribution >= 4 is 16.7 Å². The number of carbonyl (C=O) groups is 1. The molecule has 5 nitrogen and oxygen atoms in total. The molecule has 0 aliphatic heterocycles. The van der Waals surface area contributed by atoms with Crippen molar-refractivity contribution in [2.24, 2.45) is 0 Å². The molecule has 0 spiro atoms. The maximum atomic E-state index is 13.5. The lowest BCUT2D eigenvalue weighted by molar-refractivity contribution is 0.0945. The smallest absolute Gasteiger partial charge is 0.186 e. The SMILES string of the molecule is COc1ccc(CCN[C@H](C(=O)c2c[nH]c3ccccc23)c2ccccc2)cc1OC. The summed E-state index contributed by atoms with van der Waals surface area (Å²) in [6, 6.07) is 23.2. The minimum absolute atomic E-state index is 0.0518. The number of carbonyl (C=O) groups excluding carboxylic acids is 1. The first kappa shape index (κ1) is 20.7. The van der Waals surface area contributed by atoms with Crippen LogP contribution < -0.4 is 14.8 Å². The second kappa shape index (κ2) is 9.49. The molecule has 4 aromatic rings. The number of rotatable bonds is 9. The van der Waals surface area contributed by atoms with Gasteiger partial charge in [0.2, 0.25) is 0 Å². The van der Waals surface area contributed by atoms with Crippen LogP contribution in [0.1, 0.15) is 27.5 Å². The summed E-state index contributed by atoms with van der Waals surface area (Å²) in [5.41, 5.74) is 3.72. The van der Waals surface area contributed by atoms with Gasteiger partial charge in [-0.05, 0) is 35.7 Å². The standard InChI is InChI=1S/C26H26N2O3/c1-30-23-13-12-18(16-24(23)31-2)14-15-27-25(19-8-4-3-5-9-19)26(29)21-17-28-22-11-7-6-10-20(21)22/h3-13,16-17,25,27-28H,14-15H2,1-2H3/t25-/m0/s1. The highest BCUT2D eigenvalue weighted by atomic mass is 16.5. The molecule has 0 fully saturated rings. The topological polar surface area (TPSA) is 63.3 Å². The lowest BCUT2D eigenvalue weighted by Gasteiger charge is -2.18. The van der Waals surface area contributed by atoms with Crippen molar-refractivity contribution < 1.29 is 14.3 Å². The van der Waals surface area contributed by atoms with Gasteiger partial charge < -0.3 is 19.8 Å². The summed E-state index contributed by atoms with van der Waals surface area (Å²) < 4.78 is 10.7. The number of hydrogen-bond donors (Lipinski definition) is 2.